The lowest BCUT2D eigenvalue weighted by Crippen LogP contribution is -2.41. The lowest BCUT2D eigenvalue weighted by atomic mass is 9.92. The lowest BCUT2D eigenvalue weighted by molar-refractivity contribution is -0.510. The second kappa shape index (κ2) is 14.2. The van der Waals surface area contributed by atoms with Crippen LogP contribution in [0.4, 0.5) is 5.82 Å². The van der Waals surface area contributed by atoms with Crippen LogP contribution in [0.3, 0.4) is 0 Å². The fourth-order valence-corrected chi connectivity index (χ4v) is 8.46. The van der Waals surface area contributed by atoms with Crippen molar-refractivity contribution in [3.8, 4) is 0 Å². The van der Waals surface area contributed by atoms with Gasteiger partial charge in [-0.15, -0.1) is 0 Å². The summed E-state index contributed by atoms with van der Waals surface area (Å²) in [6.07, 6.45) is -3.23. The Labute approximate surface area is 276 Å². The quantitative estimate of drug-likeness (QED) is 0.0773. The van der Waals surface area contributed by atoms with Crippen LogP contribution in [0.2, 0.25) is 0 Å². The zero-order valence-electron chi connectivity index (χ0n) is 25.2. The molecule has 5 rings (SSSR count). The Bertz CT molecular complexity index is 1770. The van der Waals surface area contributed by atoms with Crippen LogP contribution in [0, 0.1) is 17.8 Å². The van der Waals surface area contributed by atoms with Crippen molar-refractivity contribution >= 4 is 52.6 Å². The number of nitrogens with zero attached hydrogens (tertiary/aromatic N) is 5. The average molecular weight is 756 g/mol. The molecule has 0 aromatic carbocycles. The van der Waals surface area contributed by atoms with Crippen molar-refractivity contribution in [1.82, 2.24) is 19.5 Å². The van der Waals surface area contributed by atoms with E-state index < -0.39 is 97.2 Å². The van der Waals surface area contributed by atoms with Crippen molar-refractivity contribution in [2.75, 3.05) is 18.9 Å². The number of anilines is 1. The normalized spacial score (nSPS) is 35.5. The van der Waals surface area contributed by atoms with Crippen LogP contribution >= 0.6 is 23.5 Å². The minimum atomic E-state index is -5.67. The molecule has 272 valence electrons. The Hall–Kier alpha value is -2.56. The third-order valence-electron chi connectivity index (χ3n) is 8.22. The summed E-state index contributed by atoms with van der Waals surface area (Å²) >= 11 is 0. The first-order chi connectivity index (χ1) is 22.8. The summed E-state index contributed by atoms with van der Waals surface area (Å²) in [4.78, 5) is 66.9. The molecule has 0 spiro atoms. The van der Waals surface area contributed by atoms with E-state index in [1.165, 1.54) is 10.8 Å². The first-order valence-corrected chi connectivity index (χ1v) is 18.8. The third kappa shape index (κ3) is 8.50. The van der Waals surface area contributed by atoms with E-state index in [9.17, 15) is 53.4 Å². The lowest BCUT2D eigenvalue weighted by Gasteiger charge is -2.28. The maximum atomic E-state index is 12.6. The first kappa shape index (κ1) is 37.7. The van der Waals surface area contributed by atoms with Crippen molar-refractivity contribution < 1.29 is 80.6 Å². The number of rotatable bonds is 13. The molecule has 2 fully saturated rings. The van der Waals surface area contributed by atoms with Crippen molar-refractivity contribution in [2.45, 2.75) is 56.1 Å². The summed E-state index contributed by atoms with van der Waals surface area (Å²) in [5.41, 5.74) is 11.3. The minimum Gasteiger partial charge on any atom is -0.756 e. The van der Waals surface area contributed by atoms with Gasteiger partial charge in [-0.1, -0.05) is 6.92 Å². The van der Waals surface area contributed by atoms with Gasteiger partial charge in [0.15, 0.2) is 36.1 Å². The molecule has 23 nitrogen and oxygen atoms in total. The van der Waals surface area contributed by atoms with Crippen molar-refractivity contribution in [2.24, 2.45) is 23.5 Å². The molecular formula is C23H33N7O16P3-. The van der Waals surface area contributed by atoms with E-state index in [4.69, 9.17) is 25.3 Å². The minimum absolute atomic E-state index is 0.0213. The Morgan fingerprint density at radius 1 is 1.10 bits per heavy atom. The average Bonchev–Trinajstić information content (AvgIpc) is 3.64. The summed E-state index contributed by atoms with van der Waals surface area (Å²) in [5.74, 6) is -2.61. The van der Waals surface area contributed by atoms with E-state index in [0.717, 1.165) is 17.2 Å². The number of carbonyl (C=O) groups is 1. The first-order valence-electron chi connectivity index (χ1n) is 14.4. The molecule has 0 radical (unpaired) electrons. The molecule has 9 N–H and O–H groups in total. The molecule has 13 unspecified atom stereocenters. The highest BCUT2D eigenvalue weighted by Gasteiger charge is 2.50. The number of fused-ring (bicyclic) bond motifs is 1. The number of aliphatic hydroxyl groups excluding tert-OH is 3. The number of aliphatic hydroxyl groups is 3. The van der Waals surface area contributed by atoms with Gasteiger partial charge in [-0.25, -0.2) is 28.4 Å². The second-order valence-electron chi connectivity index (χ2n) is 11.5. The van der Waals surface area contributed by atoms with Crippen LogP contribution in [0.15, 0.2) is 24.9 Å². The van der Waals surface area contributed by atoms with Gasteiger partial charge in [0.25, 0.3) is 15.6 Å². The molecule has 2 aromatic rings. The fraction of sp³-hybridized carbons (Fsp3) is 0.609. The molecule has 1 saturated carbocycles. The summed E-state index contributed by atoms with van der Waals surface area (Å²) < 4.78 is 62.9. The van der Waals surface area contributed by atoms with Crippen LogP contribution in [0.1, 0.15) is 19.6 Å². The van der Waals surface area contributed by atoms with Gasteiger partial charge in [0, 0.05) is 18.3 Å². The highest BCUT2D eigenvalue weighted by atomic mass is 31.3. The van der Waals surface area contributed by atoms with E-state index in [0.29, 0.717) is 0 Å². The molecule has 2 aliphatic heterocycles. The van der Waals surface area contributed by atoms with Gasteiger partial charge in [-0.05, 0) is 6.08 Å². The van der Waals surface area contributed by atoms with E-state index in [-0.39, 0.29) is 29.3 Å². The molecule has 2 aromatic heterocycles. The Kier molecular flexibility index (Phi) is 10.9. The molecule has 1 amide bonds. The molecule has 1 saturated heterocycles. The third-order valence-corrected chi connectivity index (χ3v) is 11.3. The molecule has 49 heavy (non-hydrogen) atoms. The van der Waals surface area contributed by atoms with E-state index >= 15 is 0 Å². The van der Waals surface area contributed by atoms with Gasteiger partial charge in [0.05, 0.1) is 25.6 Å². The number of ether oxygens (including phenoxy) is 1. The molecule has 26 heteroatoms. The molecule has 3 aliphatic rings. The number of phosphoric ester groups is 3. The Morgan fingerprint density at radius 2 is 1.82 bits per heavy atom. The van der Waals surface area contributed by atoms with Gasteiger partial charge in [0.1, 0.15) is 42.2 Å². The van der Waals surface area contributed by atoms with Crippen molar-refractivity contribution in [3.05, 3.63) is 24.9 Å². The number of nitrogen functional groups attached to an aromatic ring is 1. The summed E-state index contributed by atoms with van der Waals surface area (Å²) in [7, 11) is -16.8. The van der Waals surface area contributed by atoms with E-state index in [1.807, 2.05) is 0 Å². The number of phosphoric acid groups is 3. The topological polar surface area (TPSA) is 360 Å². The van der Waals surface area contributed by atoms with Gasteiger partial charge in [-0.3, -0.25) is 23.0 Å². The number of hydrogen-bond acceptors (Lipinski definition) is 18. The predicted molar refractivity (Wildman–Crippen MR) is 156 cm³/mol. The van der Waals surface area contributed by atoms with Gasteiger partial charge < -0.3 is 60.1 Å². The fourth-order valence-electron chi connectivity index (χ4n) is 5.79. The number of carbonyl (C=O) groups excluding carboxylic acids is 1. The highest BCUT2D eigenvalue weighted by Crippen LogP contribution is 2.59. The standard InChI is InChI=1S/C23H34N7O16P3/c1-10-2-3-29(5-12(10)21(25)34)13-4-11(16(31)17(13)32)6-42-48(38,39)46-49(40,41)43-7-14-19(45-47(35,36)37)18(33)23(44-14)30-9-28-15-20(24)26-8-27-22(15)30/h2-3,5,8-14,16-19,23,31-33H,4,6-7H2,1H3,(H7-,24,25,26,27,34,35,36,37,38,39,40,41)/p-1. The maximum absolute atomic E-state index is 12.6. The zero-order chi connectivity index (χ0) is 36.1. The molecule has 13 atom stereocenters. The number of imidazole rings is 1. The highest BCUT2D eigenvalue weighted by molar-refractivity contribution is 7.60. The smallest absolute Gasteiger partial charge is 0.478 e. The van der Waals surface area contributed by atoms with Crippen LogP contribution in [-0.2, 0) is 41.1 Å². The van der Waals surface area contributed by atoms with Crippen LogP contribution in [-0.4, -0.2) is 111 Å². The SMILES string of the molecule is CC1C=C[N+](C2CC(COP(=O)([O-])OP(=O)(O)OCC3OC(n4cnc5c(N)ncnc54)C(O)C3OP(=O)([O-])O)C(O)C2O)=CC1C(N)=O. The number of amides is 1. The van der Waals surface area contributed by atoms with Crippen LogP contribution in [0.25, 0.3) is 11.2 Å². The molecule has 0 bridgehead atoms. The van der Waals surface area contributed by atoms with Crippen molar-refractivity contribution in [3.63, 3.8) is 0 Å². The monoisotopic (exact) mass is 756 g/mol. The van der Waals surface area contributed by atoms with Gasteiger partial charge in [-0.2, -0.15) is 0 Å². The summed E-state index contributed by atoms with van der Waals surface area (Å²) in [5, 5.41) is 32.0. The molecule has 1 aliphatic carbocycles. The largest absolute Gasteiger partial charge is 0.756 e. The van der Waals surface area contributed by atoms with Crippen LogP contribution in [0.5, 0.6) is 0 Å². The van der Waals surface area contributed by atoms with E-state index in [2.05, 4.69) is 23.8 Å². The summed E-state index contributed by atoms with van der Waals surface area (Å²) in [6, 6.07) is -0.803. The van der Waals surface area contributed by atoms with Gasteiger partial charge >= 0.3 is 7.82 Å². The number of aromatic nitrogens is 4. The predicted octanol–water partition coefficient (Wildman–Crippen LogP) is -3.41. The van der Waals surface area contributed by atoms with Crippen molar-refractivity contribution in [1.29, 1.82) is 0 Å². The molecule has 4 heterocycles. The second-order valence-corrected chi connectivity index (χ2v) is 15.7. The van der Waals surface area contributed by atoms with Crippen LogP contribution < -0.4 is 21.3 Å². The Balaban J connectivity index is 1.21. The van der Waals surface area contributed by atoms with E-state index in [1.54, 1.807) is 19.2 Å². The molecular weight excluding hydrogens is 723 g/mol. The number of nitrogens with two attached hydrogens (primary N) is 2. The summed E-state index contributed by atoms with van der Waals surface area (Å²) in [6.45, 7) is -0.190. The van der Waals surface area contributed by atoms with Gasteiger partial charge in [0.2, 0.25) is 5.91 Å². The number of allylic oxidation sites excluding steroid dienone is 1. The maximum Gasteiger partial charge on any atom is 0.478 e. The number of hydrogen-bond donors (Lipinski definition) is 7. The zero-order valence-corrected chi connectivity index (χ0v) is 27.9. The Morgan fingerprint density at radius 3 is 2.49 bits per heavy atom. The number of primary amides is 1.